The van der Waals surface area contributed by atoms with Gasteiger partial charge in [-0.15, -0.1) is 0 Å². The van der Waals surface area contributed by atoms with Gasteiger partial charge in [-0.3, -0.25) is 0 Å². The van der Waals surface area contributed by atoms with Crippen molar-refractivity contribution in [2.24, 2.45) is 0 Å². The van der Waals surface area contributed by atoms with Gasteiger partial charge in [0.05, 0.1) is 30.3 Å². The third kappa shape index (κ3) is 3.93. The molecule has 0 saturated heterocycles. The lowest BCUT2D eigenvalue weighted by molar-refractivity contribution is 0.260. The van der Waals surface area contributed by atoms with Crippen LogP contribution in [0.4, 0.5) is 0 Å². The molecule has 0 radical (unpaired) electrons. The zero-order valence-electron chi connectivity index (χ0n) is 13.9. The number of methoxy groups -OCH3 is 2. The summed E-state index contributed by atoms with van der Waals surface area (Å²) in [6.45, 7) is 1.22. The number of hydrogen-bond donors (Lipinski definition) is 1. The standard InChI is InChI=1S/C18H18Cl3NO3/c1-23-16-5-10-3-4-22-15(12(10)8-17(16)24-2)9-25-18-13(20)6-11(19)7-14(18)21/h5-8,15,22H,3-4,9H2,1-2H3. The first-order chi connectivity index (χ1) is 12.0. The van der Waals surface area contributed by atoms with Crippen molar-refractivity contribution >= 4 is 34.8 Å². The SMILES string of the molecule is COc1cc2c(cc1OC)C(COc1c(Cl)cc(Cl)cc1Cl)NCC2. The van der Waals surface area contributed by atoms with Crippen molar-refractivity contribution in [3.63, 3.8) is 0 Å². The molecular weight excluding hydrogens is 385 g/mol. The van der Waals surface area contributed by atoms with Gasteiger partial charge in [-0.1, -0.05) is 34.8 Å². The van der Waals surface area contributed by atoms with Gasteiger partial charge in [0, 0.05) is 5.02 Å². The number of nitrogens with one attached hydrogen (secondary N) is 1. The van der Waals surface area contributed by atoms with Crippen LogP contribution in [0.2, 0.25) is 15.1 Å². The maximum absolute atomic E-state index is 6.19. The highest BCUT2D eigenvalue weighted by Gasteiger charge is 2.24. The van der Waals surface area contributed by atoms with E-state index >= 15 is 0 Å². The number of fused-ring (bicyclic) bond motifs is 1. The van der Waals surface area contributed by atoms with Crippen LogP contribution in [0.15, 0.2) is 24.3 Å². The van der Waals surface area contributed by atoms with Gasteiger partial charge in [-0.05, 0) is 48.4 Å². The second kappa shape index (κ2) is 7.92. The molecule has 1 aliphatic heterocycles. The molecule has 0 bridgehead atoms. The van der Waals surface area contributed by atoms with Crippen LogP contribution in [0, 0.1) is 0 Å². The Bertz CT molecular complexity index is 759. The Balaban J connectivity index is 1.84. The third-order valence-electron chi connectivity index (χ3n) is 4.16. The van der Waals surface area contributed by atoms with Gasteiger partial charge < -0.3 is 19.5 Å². The van der Waals surface area contributed by atoms with Crippen molar-refractivity contribution in [2.75, 3.05) is 27.4 Å². The number of rotatable bonds is 5. The highest BCUT2D eigenvalue weighted by molar-refractivity contribution is 6.40. The van der Waals surface area contributed by atoms with Gasteiger partial charge in [-0.25, -0.2) is 0 Å². The van der Waals surface area contributed by atoms with E-state index in [4.69, 9.17) is 49.0 Å². The Morgan fingerprint density at radius 2 is 1.64 bits per heavy atom. The smallest absolute Gasteiger partial charge is 0.161 e. The van der Waals surface area contributed by atoms with E-state index in [-0.39, 0.29) is 6.04 Å². The Morgan fingerprint density at radius 3 is 2.28 bits per heavy atom. The summed E-state index contributed by atoms with van der Waals surface area (Å²) >= 11 is 18.3. The average molecular weight is 403 g/mol. The summed E-state index contributed by atoms with van der Waals surface area (Å²) in [6, 6.07) is 7.22. The van der Waals surface area contributed by atoms with Gasteiger partial charge in [0.25, 0.3) is 0 Å². The summed E-state index contributed by atoms with van der Waals surface area (Å²) in [5, 5.41) is 4.70. The number of halogens is 3. The molecule has 25 heavy (non-hydrogen) atoms. The Kier molecular flexibility index (Phi) is 5.85. The van der Waals surface area contributed by atoms with Gasteiger partial charge in [0.15, 0.2) is 17.2 Å². The van der Waals surface area contributed by atoms with Crippen LogP contribution in [-0.4, -0.2) is 27.4 Å². The maximum Gasteiger partial charge on any atom is 0.161 e. The summed E-state index contributed by atoms with van der Waals surface area (Å²) < 4.78 is 16.7. The molecule has 0 saturated carbocycles. The summed E-state index contributed by atoms with van der Waals surface area (Å²) in [7, 11) is 3.26. The van der Waals surface area contributed by atoms with Crippen LogP contribution in [-0.2, 0) is 6.42 Å². The van der Waals surface area contributed by atoms with E-state index in [0.717, 1.165) is 24.3 Å². The first kappa shape index (κ1) is 18.5. The molecule has 1 unspecified atom stereocenters. The quantitative estimate of drug-likeness (QED) is 0.770. The predicted octanol–water partition coefficient (Wildman–Crippen LogP) is 4.93. The molecule has 1 N–H and O–H groups in total. The topological polar surface area (TPSA) is 39.7 Å². The Hall–Kier alpha value is -1.33. The van der Waals surface area contributed by atoms with Crippen molar-refractivity contribution < 1.29 is 14.2 Å². The average Bonchev–Trinajstić information content (AvgIpc) is 2.59. The molecular formula is C18H18Cl3NO3. The second-order valence-corrected chi connectivity index (χ2v) is 6.92. The molecule has 1 heterocycles. The molecule has 3 rings (SSSR count). The minimum absolute atomic E-state index is 0.00799. The first-order valence-corrected chi connectivity index (χ1v) is 8.92. The summed E-state index contributed by atoms with van der Waals surface area (Å²) in [5.41, 5.74) is 2.32. The normalized spacial score (nSPS) is 16.3. The van der Waals surface area contributed by atoms with E-state index in [9.17, 15) is 0 Å². The maximum atomic E-state index is 6.19. The van der Waals surface area contributed by atoms with Gasteiger partial charge in [-0.2, -0.15) is 0 Å². The molecule has 2 aromatic rings. The summed E-state index contributed by atoms with van der Waals surface area (Å²) in [6.07, 6.45) is 0.911. The van der Waals surface area contributed by atoms with E-state index in [1.165, 1.54) is 5.56 Å². The largest absolute Gasteiger partial charge is 0.493 e. The van der Waals surface area contributed by atoms with Gasteiger partial charge in [0.2, 0.25) is 0 Å². The lowest BCUT2D eigenvalue weighted by Gasteiger charge is -2.28. The predicted molar refractivity (Wildman–Crippen MR) is 101 cm³/mol. The number of benzene rings is 2. The van der Waals surface area contributed by atoms with E-state index in [1.807, 2.05) is 12.1 Å². The molecule has 0 aliphatic carbocycles. The molecule has 7 heteroatoms. The molecule has 1 aliphatic rings. The van der Waals surface area contributed by atoms with Crippen molar-refractivity contribution in [1.29, 1.82) is 0 Å². The zero-order valence-corrected chi connectivity index (χ0v) is 16.1. The fourth-order valence-corrected chi connectivity index (χ4v) is 3.88. The van der Waals surface area contributed by atoms with Crippen LogP contribution in [0.25, 0.3) is 0 Å². The van der Waals surface area contributed by atoms with E-state index in [2.05, 4.69) is 5.32 Å². The van der Waals surface area contributed by atoms with Gasteiger partial charge in [0.1, 0.15) is 6.61 Å². The lowest BCUT2D eigenvalue weighted by atomic mass is 9.94. The van der Waals surface area contributed by atoms with Crippen LogP contribution in [0.3, 0.4) is 0 Å². The Morgan fingerprint density at radius 1 is 1.00 bits per heavy atom. The van der Waals surface area contributed by atoms with Crippen molar-refractivity contribution in [3.05, 3.63) is 50.5 Å². The monoisotopic (exact) mass is 401 g/mol. The van der Waals surface area contributed by atoms with Crippen LogP contribution in [0.5, 0.6) is 17.2 Å². The molecule has 4 nitrogen and oxygen atoms in total. The number of ether oxygens (including phenoxy) is 3. The molecule has 2 aromatic carbocycles. The van der Waals surface area contributed by atoms with Crippen molar-refractivity contribution in [2.45, 2.75) is 12.5 Å². The highest BCUT2D eigenvalue weighted by Crippen LogP contribution is 2.38. The number of hydrogen-bond acceptors (Lipinski definition) is 4. The third-order valence-corrected chi connectivity index (χ3v) is 4.94. The molecule has 0 aromatic heterocycles. The van der Waals surface area contributed by atoms with Crippen LogP contribution >= 0.6 is 34.8 Å². The van der Waals surface area contributed by atoms with Gasteiger partial charge >= 0.3 is 0 Å². The van der Waals surface area contributed by atoms with Crippen molar-refractivity contribution in [3.8, 4) is 17.2 Å². The Labute approximate surface area is 161 Å². The van der Waals surface area contributed by atoms with E-state index in [1.54, 1.807) is 26.4 Å². The van der Waals surface area contributed by atoms with Crippen LogP contribution < -0.4 is 19.5 Å². The first-order valence-electron chi connectivity index (χ1n) is 7.79. The zero-order chi connectivity index (χ0) is 18.0. The fourth-order valence-electron chi connectivity index (χ4n) is 2.95. The lowest BCUT2D eigenvalue weighted by Crippen LogP contribution is -2.33. The molecule has 0 spiro atoms. The summed E-state index contributed by atoms with van der Waals surface area (Å²) in [5.74, 6) is 1.85. The molecule has 0 fully saturated rings. The summed E-state index contributed by atoms with van der Waals surface area (Å²) in [4.78, 5) is 0. The highest BCUT2D eigenvalue weighted by atomic mass is 35.5. The van der Waals surface area contributed by atoms with Crippen molar-refractivity contribution in [1.82, 2.24) is 5.32 Å². The van der Waals surface area contributed by atoms with E-state index < -0.39 is 0 Å². The fraction of sp³-hybridized carbons (Fsp3) is 0.333. The van der Waals surface area contributed by atoms with E-state index in [0.29, 0.717) is 33.2 Å². The molecule has 1 atom stereocenters. The van der Waals surface area contributed by atoms with Crippen LogP contribution in [0.1, 0.15) is 17.2 Å². The minimum Gasteiger partial charge on any atom is -0.493 e. The molecule has 134 valence electrons. The minimum atomic E-state index is -0.00799. The second-order valence-electron chi connectivity index (χ2n) is 5.67. The molecule has 0 amide bonds.